The largest absolute Gasteiger partial charge is 0.352 e. The summed E-state index contributed by atoms with van der Waals surface area (Å²) in [5.41, 5.74) is 0.592. The first-order chi connectivity index (χ1) is 20.0. The summed E-state index contributed by atoms with van der Waals surface area (Å²) < 4.78 is 28.8. The van der Waals surface area contributed by atoms with E-state index in [2.05, 4.69) is 5.32 Å². The Morgan fingerprint density at radius 2 is 1.62 bits per heavy atom. The second-order valence-corrected chi connectivity index (χ2v) is 13.6. The number of nitrogens with zero attached hydrogens (tertiary/aromatic N) is 2. The summed E-state index contributed by atoms with van der Waals surface area (Å²) in [5, 5.41) is 3.92. The van der Waals surface area contributed by atoms with Gasteiger partial charge in [-0.25, -0.2) is 8.42 Å². The molecule has 1 saturated carbocycles. The maximum atomic E-state index is 14.2. The van der Waals surface area contributed by atoms with Crippen LogP contribution >= 0.6 is 46.4 Å². The van der Waals surface area contributed by atoms with Crippen molar-refractivity contribution in [1.82, 2.24) is 10.2 Å². The van der Waals surface area contributed by atoms with E-state index >= 15 is 0 Å². The van der Waals surface area contributed by atoms with Crippen molar-refractivity contribution >= 4 is 73.9 Å². The fourth-order valence-corrected chi connectivity index (χ4v) is 7.40. The Bertz CT molecular complexity index is 1530. The van der Waals surface area contributed by atoms with Crippen molar-refractivity contribution in [2.75, 3.05) is 10.8 Å². The molecule has 0 unspecified atom stereocenters. The number of hydrogen-bond donors (Lipinski definition) is 1. The average Bonchev–Trinajstić information content (AvgIpc) is 3.47. The smallest absolute Gasteiger partial charge is 0.264 e. The van der Waals surface area contributed by atoms with E-state index in [0.29, 0.717) is 22.0 Å². The van der Waals surface area contributed by atoms with Crippen LogP contribution in [0, 0.1) is 0 Å². The van der Waals surface area contributed by atoms with Gasteiger partial charge < -0.3 is 10.2 Å². The Morgan fingerprint density at radius 1 is 0.929 bits per heavy atom. The van der Waals surface area contributed by atoms with E-state index in [1.165, 1.54) is 29.2 Å². The lowest BCUT2D eigenvalue weighted by Gasteiger charge is -2.34. The van der Waals surface area contributed by atoms with E-state index in [4.69, 9.17) is 46.4 Å². The third-order valence-electron chi connectivity index (χ3n) is 7.25. The molecular weight excluding hydrogens is 640 g/mol. The van der Waals surface area contributed by atoms with Gasteiger partial charge in [0.05, 0.1) is 20.6 Å². The molecule has 0 aromatic heterocycles. The maximum Gasteiger partial charge on any atom is 0.264 e. The van der Waals surface area contributed by atoms with E-state index in [1.54, 1.807) is 49.4 Å². The summed E-state index contributed by atoms with van der Waals surface area (Å²) in [4.78, 5) is 29.1. The number of anilines is 1. The van der Waals surface area contributed by atoms with E-state index in [9.17, 15) is 18.0 Å². The van der Waals surface area contributed by atoms with Crippen LogP contribution in [0.4, 0.5) is 5.69 Å². The van der Waals surface area contributed by atoms with Crippen molar-refractivity contribution in [1.29, 1.82) is 0 Å². The van der Waals surface area contributed by atoms with Crippen LogP contribution in [0.15, 0.2) is 71.6 Å². The first-order valence-electron chi connectivity index (χ1n) is 13.6. The van der Waals surface area contributed by atoms with Crippen LogP contribution in [0.5, 0.6) is 0 Å². The number of nitrogens with one attached hydrogen (secondary N) is 1. The van der Waals surface area contributed by atoms with Crippen LogP contribution in [0.25, 0.3) is 0 Å². The maximum absolute atomic E-state index is 14.2. The number of hydrogen-bond acceptors (Lipinski definition) is 4. The highest BCUT2D eigenvalue weighted by Gasteiger charge is 2.35. The van der Waals surface area contributed by atoms with Crippen molar-refractivity contribution in [3.8, 4) is 0 Å². The molecule has 1 N–H and O–H groups in total. The predicted molar refractivity (Wildman–Crippen MR) is 169 cm³/mol. The average molecular weight is 671 g/mol. The highest BCUT2D eigenvalue weighted by Crippen LogP contribution is 2.36. The molecule has 42 heavy (non-hydrogen) atoms. The summed E-state index contributed by atoms with van der Waals surface area (Å²) in [6, 6.07) is 16.3. The van der Waals surface area contributed by atoms with Gasteiger partial charge in [0.1, 0.15) is 12.6 Å². The fourth-order valence-electron chi connectivity index (χ4n) is 5.04. The van der Waals surface area contributed by atoms with Crippen LogP contribution in [0.3, 0.4) is 0 Å². The van der Waals surface area contributed by atoms with Gasteiger partial charge >= 0.3 is 0 Å². The van der Waals surface area contributed by atoms with Gasteiger partial charge in [-0.1, -0.05) is 96.5 Å². The summed E-state index contributed by atoms with van der Waals surface area (Å²) in [5.74, 6) is -0.925. The summed E-state index contributed by atoms with van der Waals surface area (Å²) in [7, 11) is -4.28. The molecule has 0 saturated heterocycles. The molecule has 1 aliphatic rings. The van der Waals surface area contributed by atoms with E-state index in [1.807, 2.05) is 0 Å². The normalized spacial score (nSPS) is 14.4. The van der Waals surface area contributed by atoms with Crippen LogP contribution in [-0.2, 0) is 26.2 Å². The molecule has 7 nitrogen and oxygen atoms in total. The lowest BCUT2D eigenvalue weighted by Crippen LogP contribution is -2.53. The second kappa shape index (κ2) is 14.3. The molecule has 3 aromatic carbocycles. The van der Waals surface area contributed by atoms with Crippen molar-refractivity contribution in [3.05, 3.63) is 92.4 Å². The fraction of sp³-hybridized carbons (Fsp3) is 0.333. The van der Waals surface area contributed by atoms with Gasteiger partial charge in [0, 0.05) is 22.6 Å². The molecule has 4 rings (SSSR count). The molecule has 3 aromatic rings. The SMILES string of the molecule is CC[C@H](C(=O)NC1CCCC1)N(Cc1ccc(Cl)cc1Cl)C(=O)CN(c1cccc(Cl)c1Cl)S(=O)(=O)c1ccccc1. The van der Waals surface area contributed by atoms with E-state index in [-0.39, 0.29) is 39.1 Å². The zero-order valence-corrected chi connectivity index (χ0v) is 26.7. The minimum atomic E-state index is -4.28. The first-order valence-corrected chi connectivity index (χ1v) is 16.5. The van der Waals surface area contributed by atoms with Gasteiger partial charge in [-0.3, -0.25) is 13.9 Å². The van der Waals surface area contributed by atoms with Crippen LogP contribution in [0.1, 0.15) is 44.6 Å². The molecule has 0 heterocycles. The third kappa shape index (κ3) is 7.53. The highest BCUT2D eigenvalue weighted by atomic mass is 35.5. The summed E-state index contributed by atoms with van der Waals surface area (Å²) in [6.45, 7) is 1.11. The second-order valence-electron chi connectivity index (χ2n) is 10.1. The number of sulfonamides is 1. The molecule has 1 aliphatic carbocycles. The van der Waals surface area contributed by atoms with E-state index < -0.39 is 28.5 Å². The highest BCUT2D eigenvalue weighted by molar-refractivity contribution is 7.92. The number of rotatable bonds is 11. The third-order valence-corrected chi connectivity index (χ3v) is 10.4. The first kappa shape index (κ1) is 32.4. The van der Waals surface area contributed by atoms with Crippen molar-refractivity contribution in [2.45, 2.75) is 62.6 Å². The number of amides is 2. The Hall–Kier alpha value is -2.49. The molecule has 1 atom stereocenters. The summed E-state index contributed by atoms with van der Waals surface area (Å²) in [6.07, 6.45) is 4.08. The van der Waals surface area contributed by atoms with Crippen LogP contribution in [-0.4, -0.2) is 43.8 Å². The van der Waals surface area contributed by atoms with Gasteiger partial charge in [0.15, 0.2) is 0 Å². The predicted octanol–water partition coefficient (Wildman–Crippen LogP) is 7.36. The number of carbonyl (C=O) groups excluding carboxylic acids is 2. The minimum Gasteiger partial charge on any atom is -0.352 e. The Balaban J connectivity index is 1.76. The minimum absolute atomic E-state index is 0.0233. The molecular formula is C30H31Cl4N3O4S. The van der Waals surface area contributed by atoms with Gasteiger partial charge in [-0.05, 0) is 61.2 Å². The molecule has 2 amide bonds. The zero-order valence-electron chi connectivity index (χ0n) is 22.9. The quantitative estimate of drug-likeness (QED) is 0.231. The summed E-state index contributed by atoms with van der Waals surface area (Å²) >= 11 is 25.3. The van der Waals surface area contributed by atoms with Gasteiger partial charge in [-0.15, -0.1) is 0 Å². The van der Waals surface area contributed by atoms with Crippen LogP contribution < -0.4 is 9.62 Å². The molecule has 0 spiro atoms. The monoisotopic (exact) mass is 669 g/mol. The van der Waals surface area contributed by atoms with Crippen molar-refractivity contribution in [3.63, 3.8) is 0 Å². The molecule has 12 heteroatoms. The van der Waals surface area contributed by atoms with Crippen molar-refractivity contribution < 1.29 is 18.0 Å². The number of carbonyl (C=O) groups is 2. The molecule has 1 fully saturated rings. The van der Waals surface area contributed by atoms with Crippen LogP contribution in [0.2, 0.25) is 20.1 Å². The lowest BCUT2D eigenvalue weighted by molar-refractivity contribution is -0.140. The standard InChI is InChI=1S/C30H31Cl4N3O4S/c1-2-26(30(39)35-22-9-6-7-10-22)36(18-20-15-16-21(31)17-25(20)33)28(38)19-37(27-14-8-13-24(32)29(27)34)42(40,41)23-11-4-3-5-12-23/h3-5,8,11-17,22,26H,2,6-7,9-10,18-19H2,1H3,(H,35,39)/t26-/m1/s1. The Labute approximate surface area is 266 Å². The zero-order chi connectivity index (χ0) is 30.4. The van der Waals surface area contributed by atoms with Crippen molar-refractivity contribution in [2.24, 2.45) is 0 Å². The molecule has 0 aliphatic heterocycles. The van der Waals surface area contributed by atoms with Gasteiger partial charge in [0.2, 0.25) is 11.8 Å². The number of benzene rings is 3. The Morgan fingerprint density at radius 3 is 2.26 bits per heavy atom. The Kier molecular flexibility index (Phi) is 11.1. The number of halogens is 4. The molecule has 0 bridgehead atoms. The van der Waals surface area contributed by atoms with Gasteiger partial charge in [-0.2, -0.15) is 0 Å². The molecule has 0 radical (unpaired) electrons. The topological polar surface area (TPSA) is 86.8 Å². The lowest BCUT2D eigenvalue weighted by atomic mass is 10.1. The van der Waals surface area contributed by atoms with E-state index in [0.717, 1.165) is 30.0 Å². The molecule has 224 valence electrons. The van der Waals surface area contributed by atoms with Gasteiger partial charge in [0.25, 0.3) is 10.0 Å².